The van der Waals surface area contributed by atoms with Crippen LogP contribution in [0.3, 0.4) is 0 Å². The van der Waals surface area contributed by atoms with E-state index in [2.05, 4.69) is 39.5 Å². The molecule has 11 heavy (non-hydrogen) atoms. The van der Waals surface area contributed by atoms with Gasteiger partial charge in [-0.15, -0.1) is 25.7 Å². The molecule has 0 radical (unpaired) electrons. The van der Waals surface area contributed by atoms with Crippen molar-refractivity contribution >= 4 is 0 Å². The fraction of sp³-hybridized carbons (Fsp3) is 0.636. The van der Waals surface area contributed by atoms with E-state index in [4.69, 9.17) is 0 Å². The maximum absolute atomic E-state index is 4.00. The second-order valence-electron chi connectivity index (χ2n) is 3.02. The smallest absolute Gasteiger partial charge is 0.0440 e. The van der Waals surface area contributed by atoms with Crippen molar-refractivity contribution in [1.82, 2.24) is 0 Å². The van der Waals surface area contributed by atoms with Gasteiger partial charge >= 0.3 is 0 Å². The van der Waals surface area contributed by atoms with E-state index in [1.54, 1.807) is 0 Å². The minimum Gasteiger partial charge on any atom is -0.124 e. The van der Waals surface area contributed by atoms with E-state index < -0.39 is 0 Å². The van der Waals surface area contributed by atoms with Crippen molar-refractivity contribution in [1.29, 1.82) is 0 Å². The van der Waals surface area contributed by atoms with Gasteiger partial charge in [-0.3, -0.25) is 0 Å². The molecule has 1 fully saturated rings. The van der Waals surface area contributed by atoms with Crippen molar-refractivity contribution < 1.29 is 0 Å². The van der Waals surface area contributed by atoms with Crippen LogP contribution in [0.4, 0.5) is 0 Å². The highest BCUT2D eigenvalue weighted by Crippen LogP contribution is 2.29. The number of hydrogen-bond acceptors (Lipinski definition) is 0. The van der Waals surface area contributed by atoms with Crippen molar-refractivity contribution in [3.05, 3.63) is 0 Å². The summed E-state index contributed by atoms with van der Waals surface area (Å²) >= 11 is 0. The summed E-state index contributed by atoms with van der Waals surface area (Å²) in [4.78, 5) is 0. The number of terminal acetylenes is 2. The Morgan fingerprint density at radius 2 is 1.09 bits per heavy atom. The van der Waals surface area contributed by atoms with E-state index in [9.17, 15) is 0 Å². The van der Waals surface area contributed by atoms with Gasteiger partial charge in [0.2, 0.25) is 0 Å². The van der Waals surface area contributed by atoms with Crippen LogP contribution in [0.5, 0.6) is 0 Å². The fourth-order valence-electron chi connectivity index (χ4n) is 1.49. The summed E-state index contributed by atoms with van der Waals surface area (Å²) in [5.74, 6) is 2.05. The normalized spacial score (nSPS) is 27.1. The summed E-state index contributed by atoms with van der Waals surface area (Å²) in [6.07, 6.45) is 20.4. The second kappa shape index (κ2) is 9.12. The first kappa shape index (κ1) is 12.8. The molecule has 2 atom stereocenters. The molecular formula is C11H18. The Morgan fingerprint density at radius 3 is 1.18 bits per heavy atom. The SMILES string of the molecule is C#C.C#C.CC1CCC(C)C1. The van der Waals surface area contributed by atoms with Gasteiger partial charge in [-0.05, 0) is 18.3 Å². The van der Waals surface area contributed by atoms with Crippen LogP contribution in [0.2, 0.25) is 0 Å². The molecule has 1 aliphatic carbocycles. The maximum Gasteiger partial charge on any atom is -0.0440 e. The Kier molecular flexibility index (Phi) is 10.6. The summed E-state index contributed by atoms with van der Waals surface area (Å²) in [6, 6.07) is 0. The third-order valence-corrected chi connectivity index (χ3v) is 1.96. The standard InChI is InChI=1S/C7H14.2C2H2/c1-6-3-4-7(2)5-6;2*1-2/h6-7H,3-5H2,1-2H3;2*1-2H. The zero-order valence-corrected chi connectivity index (χ0v) is 7.59. The molecule has 0 heterocycles. The molecule has 0 amide bonds. The van der Waals surface area contributed by atoms with Crippen LogP contribution < -0.4 is 0 Å². The molecule has 0 aromatic carbocycles. The minimum atomic E-state index is 1.02. The Balaban J connectivity index is 0. The van der Waals surface area contributed by atoms with Gasteiger partial charge in [0, 0.05) is 0 Å². The van der Waals surface area contributed by atoms with Crippen LogP contribution in [0, 0.1) is 37.5 Å². The van der Waals surface area contributed by atoms with E-state index >= 15 is 0 Å². The Labute approximate surface area is 71.4 Å². The average Bonchev–Trinajstić information content (AvgIpc) is 2.43. The van der Waals surface area contributed by atoms with Crippen molar-refractivity contribution in [2.24, 2.45) is 11.8 Å². The van der Waals surface area contributed by atoms with Gasteiger partial charge in [0.25, 0.3) is 0 Å². The van der Waals surface area contributed by atoms with Gasteiger partial charge < -0.3 is 0 Å². The van der Waals surface area contributed by atoms with Gasteiger partial charge in [-0.2, -0.15) is 0 Å². The molecule has 0 nitrogen and oxygen atoms in total. The maximum atomic E-state index is 4.00. The summed E-state index contributed by atoms with van der Waals surface area (Å²) in [6.45, 7) is 4.70. The third kappa shape index (κ3) is 7.01. The van der Waals surface area contributed by atoms with Crippen LogP contribution >= 0.6 is 0 Å². The first-order chi connectivity index (χ1) is 5.29. The molecule has 0 aliphatic heterocycles. The van der Waals surface area contributed by atoms with Gasteiger partial charge in [-0.1, -0.05) is 26.7 Å². The minimum absolute atomic E-state index is 1.02. The van der Waals surface area contributed by atoms with Gasteiger partial charge in [-0.25, -0.2) is 0 Å². The third-order valence-electron chi connectivity index (χ3n) is 1.96. The van der Waals surface area contributed by atoms with Crippen LogP contribution in [-0.2, 0) is 0 Å². The van der Waals surface area contributed by atoms with Crippen molar-refractivity contribution in [2.45, 2.75) is 33.1 Å². The zero-order chi connectivity index (χ0) is 9.28. The predicted octanol–water partition coefficient (Wildman–Crippen LogP) is 2.94. The Morgan fingerprint density at radius 1 is 0.818 bits per heavy atom. The topological polar surface area (TPSA) is 0 Å². The van der Waals surface area contributed by atoms with Crippen molar-refractivity contribution in [2.75, 3.05) is 0 Å². The molecular weight excluding hydrogens is 132 g/mol. The van der Waals surface area contributed by atoms with Crippen LogP contribution in [0.1, 0.15) is 33.1 Å². The summed E-state index contributed by atoms with van der Waals surface area (Å²) in [5, 5.41) is 0. The number of rotatable bonds is 0. The summed E-state index contributed by atoms with van der Waals surface area (Å²) < 4.78 is 0. The predicted molar refractivity (Wildman–Crippen MR) is 52.0 cm³/mol. The Bertz CT molecular complexity index is 93.7. The second-order valence-corrected chi connectivity index (χ2v) is 3.02. The van der Waals surface area contributed by atoms with Gasteiger partial charge in [0.05, 0.1) is 0 Å². The highest BCUT2D eigenvalue weighted by atomic mass is 14.2. The van der Waals surface area contributed by atoms with Gasteiger partial charge in [0.1, 0.15) is 0 Å². The molecule has 1 rings (SSSR count). The van der Waals surface area contributed by atoms with Crippen molar-refractivity contribution in [3.63, 3.8) is 0 Å². The van der Waals surface area contributed by atoms with Crippen LogP contribution in [-0.4, -0.2) is 0 Å². The molecule has 0 N–H and O–H groups in total. The lowest BCUT2D eigenvalue weighted by Crippen LogP contribution is -1.84. The lowest BCUT2D eigenvalue weighted by Gasteiger charge is -1.96. The lowest BCUT2D eigenvalue weighted by atomic mass is 10.1. The fourth-order valence-corrected chi connectivity index (χ4v) is 1.49. The van der Waals surface area contributed by atoms with E-state index in [0.29, 0.717) is 0 Å². The quantitative estimate of drug-likeness (QED) is 0.466. The Hall–Kier alpha value is -0.880. The van der Waals surface area contributed by atoms with Crippen LogP contribution in [0.25, 0.3) is 0 Å². The molecule has 0 bridgehead atoms. The molecule has 0 spiro atoms. The van der Waals surface area contributed by atoms with E-state index in [-0.39, 0.29) is 0 Å². The van der Waals surface area contributed by atoms with E-state index in [0.717, 1.165) is 11.8 Å². The van der Waals surface area contributed by atoms with Gasteiger partial charge in [0.15, 0.2) is 0 Å². The monoisotopic (exact) mass is 150 g/mol. The highest BCUT2D eigenvalue weighted by Gasteiger charge is 2.15. The molecule has 2 unspecified atom stereocenters. The van der Waals surface area contributed by atoms with E-state index in [1.165, 1.54) is 19.3 Å². The molecule has 0 aromatic rings. The zero-order valence-electron chi connectivity index (χ0n) is 7.59. The van der Waals surface area contributed by atoms with Crippen molar-refractivity contribution in [3.8, 4) is 25.7 Å². The van der Waals surface area contributed by atoms with Crippen LogP contribution in [0.15, 0.2) is 0 Å². The average molecular weight is 150 g/mol. The molecule has 1 saturated carbocycles. The highest BCUT2D eigenvalue weighted by molar-refractivity contribution is 4.68. The lowest BCUT2D eigenvalue weighted by molar-refractivity contribution is 0.555. The molecule has 1 aliphatic rings. The summed E-state index contributed by atoms with van der Waals surface area (Å²) in [7, 11) is 0. The molecule has 62 valence electrons. The number of hydrogen-bond donors (Lipinski definition) is 0. The summed E-state index contributed by atoms with van der Waals surface area (Å²) in [5.41, 5.74) is 0. The first-order valence-electron chi connectivity index (χ1n) is 3.95. The first-order valence-corrected chi connectivity index (χ1v) is 3.95. The molecule has 0 heteroatoms. The molecule has 0 aromatic heterocycles. The largest absolute Gasteiger partial charge is 0.124 e. The van der Waals surface area contributed by atoms with E-state index in [1.807, 2.05) is 0 Å². The molecule has 0 saturated heterocycles.